The molecule has 1 unspecified atom stereocenters. The number of hydrogen-bond acceptors (Lipinski definition) is 1. The lowest BCUT2D eigenvalue weighted by molar-refractivity contribution is -0.117. The van der Waals surface area contributed by atoms with Gasteiger partial charge in [-0.15, -0.1) is 0 Å². The van der Waals surface area contributed by atoms with Crippen LogP contribution in [0.5, 0.6) is 0 Å². The molecular weight excluding hydrogens is 247 g/mol. The van der Waals surface area contributed by atoms with E-state index in [0.717, 1.165) is 4.47 Å². The SMILES string of the molecule is CC(=O)CC(C)c1cc(Br)ccc1F. The molecule has 0 aliphatic rings. The highest BCUT2D eigenvalue weighted by molar-refractivity contribution is 9.10. The van der Waals surface area contributed by atoms with Gasteiger partial charge in [0.25, 0.3) is 0 Å². The van der Waals surface area contributed by atoms with Crippen molar-refractivity contribution in [2.24, 2.45) is 0 Å². The monoisotopic (exact) mass is 258 g/mol. The largest absolute Gasteiger partial charge is 0.300 e. The maximum absolute atomic E-state index is 13.3. The quantitative estimate of drug-likeness (QED) is 0.809. The molecule has 0 N–H and O–H groups in total. The minimum absolute atomic E-state index is 0.0648. The average molecular weight is 259 g/mol. The Hall–Kier alpha value is -0.700. The number of ketones is 1. The Morgan fingerprint density at radius 2 is 2.21 bits per heavy atom. The fourth-order valence-electron chi connectivity index (χ4n) is 1.43. The summed E-state index contributed by atoms with van der Waals surface area (Å²) in [5.74, 6) is -0.233. The van der Waals surface area contributed by atoms with Crippen LogP contribution < -0.4 is 0 Å². The number of rotatable bonds is 3. The molecule has 0 saturated carbocycles. The third kappa shape index (κ3) is 2.91. The van der Waals surface area contributed by atoms with Crippen LogP contribution in [-0.4, -0.2) is 5.78 Å². The molecule has 3 heteroatoms. The molecule has 0 amide bonds. The molecule has 0 heterocycles. The van der Waals surface area contributed by atoms with Crippen LogP contribution in [-0.2, 0) is 4.79 Å². The van der Waals surface area contributed by atoms with Crippen LogP contribution in [0.4, 0.5) is 4.39 Å². The first kappa shape index (κ1) is 11.4. The molecule has 0 aromatic heterocycles. The maximum atomic E-state index is 13.3. The zero-order chi connectivity index (χ0) is 10.7. The Kier molecular flexibility index (Phi) is 3.81. The van der Waals surface area contributed by atoms with Gasteiger partial charge in [0.2, 0.25) is 0 Å². The van der Waals surface area contributed by atoms with Crippen LogP contribution in [0.25, 0.3) is 0 Å². The van der Waals surface area contributed by atoms with E-state index in [1.807, 2.05) is 6.92 Å². The molecule has 0 bridgehead atoms. The Bertz CT molecular complexity index is 349. The van der Waals surface area contributed by atoms with Crippen LogP contribution in [0.15, 0.2) is 22.7 Å². The summed E-state index contributed by atoms with van der Waals surface area (Å²) in [6.07, 6.45) is 0.382. The molecule has 1 nitrogen and oxygen atoms in total. The summed E-state index contributed by atoms with van der Waals surface area (Å²) in [4.78, 5) is 10.9. The van der Waals surface area contributed by atoms with Crippen LogP contribution in [0.2, 0.25) is 0 Å². The van der Waals surface area contributed by atoms with Crippen LogP contribution in [0.3, 0.4) is 0 Å². The molecule has 0 aliphatic heterocycles. The second-order valence-corrected chi connectivity index (χ2v) is 4.39. The lowest BCUT2D eigenvalue weighted by atomic mass is 9.96. The Labute approximate surface area is 91.5 Å². The molecule has 1 atom stereocenters. The Balaban J connectivity index is 2.93. The van der Waals surface area contributed by atoms with E-state index < -0.39 is 0 Å². The van der Waals surface area contributed by atoms with Gasteiger partial charge >= 0.3 is 0 Å². The van der Waals surface area contributed by atoms with Crippen molar-refractivity contribution in [2.45, 2.75) is 26.2 Å². The van der Waals surface area contributed by atoms with E-state index in [2.05, 4.69) is 15.9 Å². The van der Waals surface area contributed by atoms with Crippen molar-refractivity contribution < 1.29 is 9.18 Å². The molecule has 14 heavy (non-hydrogen) atoms. The lowest BCUT2D eigenvalue weighted by Gasteiger charge is -2.11. The van der Waals surface area contributed by atoms with Gasteiger partial charge in [0.15, 0.2) is 0 Å². The number of carbonyl (C=O) groups excluding carboxylic acids is 1. The van der Waals surface area contributed by atoms with Crippen molar-refractivity contribution in [3.63, 3.8) is 0 Å². The first-order valence-corrected chi connectivity index (χ1v) is 5.24. The predicted octanol–water partition coefficient (Wildman–Crippen LogP) is 3.67. The van der Waals surface area contributed by atoms with Gasteiger partial charge in [-0.3, -0.25) is 0 Å². The normalized spacial score (nSPS) is 12.6. The molecule has 1 aromatic carbocycles. The van der Waals surface area contributed by atoms with E-state index in [0.29, 0.717) is 12.0 Å². The summed E-state index contributed by atoms with van der Waals surface area (Å²) in [7, 11) is 0. The van der Waals surface area contributed by atoms with E-state index in [4.69, 9.17) is 0 Å². The first-order chi connectivity index (χ1) is 6.50. The predicted molar refractivity (Wildman–Crippen MR) is 57.8 cm³/mol. The van der Waals surface area contributed by atoms with E-state index in [-0.39, 0.29) is 17.5 Å². The zero-order valence-corrected chi connectivity index (χ0v) is 9.77. The summed E-state index contributed by atoms with van der Waals surface area (Å²) in [5.41, 5.74) is 0.592. The smallest absolute Gasteiger partial charge is 0.130 e. The minimum Gasteiger partial charge on any atom is -0.300 e. The summed E-state index contributed by atoms with van der Waals surface area (Å²) < 4.78 is 14.2. The van der Waals surface area contributed by atoms with Gasteiger partial charge in [-0.25, -0.2) is 4.39 Å². The van der Waals surface area contributed by atoms with Crippen LogP contribution in [0.1, 0.15) is 31.7 Å². The summed E-state index contributed by atoms with van der Waals surface area (Å²) in [6, 6.07) is 4.79. The Morgan fingerprint density at radius 1 is 1.57 bits per heavy atom. The highest BCUT2D eigenvalue weighted by atomic mass is 79.9. The summed E-state index contributed by atoms with van der Waals surface area (Å²) >= 11 is 3.28. The third-order valence-electron chi connectivity index (χ3n) is 2.08. The van der Waals surface area contributed by atoms with E-state index in [9.17, 15) is 9.18 Å². The van der Waals surface area contributed by atoms with Gasteiger partial charge in [0, 0.05) is 10.9 Å². The molecule has 76 valence electrons. The maximum Gasteiger partial charge on any atom is 0.130 e. The summed E-state index contributed by atoms with van der Waals surface area (Å²) in [5, 5.41) is 0. The third-order valence-corrected chi connectivity index (χ3v) is 2.58. The zero-order valence-electron chi connectivity index (χ0n) is 8.18. The van der Waals surface area contributed by atoms with Gasteiger partial charge in [0.05, 0.1) is 0 Å². The molecule has 0 radical (unpaired) electrons. The van der Waals surface area contributed by atoms with Crippen molar-refractivity contribution in [3.8, 4) is 0 Å². The van der Waals surface area contributed by atoms with Crippen molar-refractivity contribution in [3.05, 3.63) is 34.1 Å². The van der Waals surface area contributed by atoms with Crippen molar-refractivity contribution in [2.75, 3.05) is 0 Å². The van der Waals surface area contributed by atoms with Crippen LogP contribution >= 0.6 is 15.9 Å². The molecule has 0 saturated heterocycles. The standard InChI is InChI=1S/C11H12BrFO/c1-7(5-8(2)14)10-6-9(12)3-4-11(10)13/h3-4,6-7H,5H2,1-2H3. The highest BCUT2D eigenvalue weighted by Crippen LogP contribution is 2.25. The molecule has 0 spiro atoms. The van der Waals surface area contributed by atoms with E-state index in [1.165, 1.54) is 13.0 Å². The van der Waals surface area contributed by atoms with E-state index in [1.54, 1.807) is 12.1 Å². The van der Waals surface area contributed by atoms with Crippen molar-refractivity contribution in [1.82, 2.24) is 0 Å². The lowest BCUT2D eigenvalue weighted by Crippen LogP contribution is -2.02. The number of hydrogen-bond donors (Lipinski definition) is 0. The van der Waals surface area contributed by atoms with Gasteiger partial charge in [-0.1, -0.05) is 22.9 Å². The van der Waals surface area contributed by atoms with Crippen molar-refractivity contribution in [1.29, 1.82) is 0 Å². The van der Waals surface area contributed by atoms with Crippen LogP contribution in [0, 0.1) is 5.82 Å². The fraction of sp³-hybridized carbons (Fsp3) is 0.364. The van der Waals surface area contributed by atoms with Crippen molar-refractivity contribution >= 4 is 21.7 Å². The van der Waals surface area contributed by atoms with E-state index >= 15 is 0 Å². The number of benzene rings is 1. The number of Topliss-reactive ketones (excluding diaryl/α,β-unsaturated/α-hetero) is 1. The first-order valence-electron chi connectivity index (χ1n) is 4.45. The Morgan fingerprint density at radius 3 is 2.79 bits per heavy atom. The second-order valence-electron chi connectivity index (χ2n) is 3.47. The molecule has 0 fully saturated rings. The van der Waals surface area contributed by atoms with Gasteiger partial charge in [0.1, 0.15) is 11.6 Å². The average Bonchev–Trinajstić information content (AvgIpc) is 2.08. The minimum atomic E-state index is -0.248. The number of halogens is 2. The summed E-state index contributed by atoms with van der Waals surface area (Å²) in [6.45, 7) is 3.37. The van der Waals surface area contributed by atoms with Gasteiger partial charge < -0.3 is 4.79 Å². The molecule has 1 rings (SSSR count). The fourth-order valence-corrected chi connectivity index (χ4v) is 1.81. The topological polar surface area (TPSA) is 17.1 Å². The molecular formula is C11H12BrFO. The van der Waals surface area contributed by atoms with Gasteiger partial charge in [-0.05, 0) is 36.6 Å². The van der Waals surface area contributed by atoms with Gasteiger partial charge in [-0.2, -0.15) is 0 Å². The number of carbonyl (C=O) groups is 1. The molecule has 1 aromatic rings. The second kappa shape index (κ2) is 4.69. The molecule has 0 aliphatic carbocycles. The highest BCUT2D eigenvalue weighted by Gasteiger charge is 2.12.